The summed E-state index contributed by atoms with van der Waals surface area (Å²) in [5.41, 5.74) is 7.08. The normalized spacial score (nSPS) is 14.1. The average molecular weight is 268 g/mol. The number of benzene rings is 1. The fraction of sp³-hybridized carbons (Fsp3) is 0.400. The molecule has 1 unspecified atom stereocenters. The van der Waals surface area contributed by atoms with E-state index >= 15 is 0 Å². The van der Waals surface area contributed by atoms with Crippen molar-refractivity contribution >= 4 is 0 Å². The highest BCUT2D eigenvalue weighted by Gasteiger charge is 2.11. The van der Waals surface area contributed by atoms with Crippen LogP contribution in [0.4, 0.5) is 0 Å². The van der Waals surface area contributed by atoms with E-state index in [0.29, 0.717) is 5.92 Å². The van der Waals surface area contributed by atoms with Gasteiger partial charge in [0.2, 0.25) is 0 Å². The fourth-order valence-corrected chi connectivity index (χ4v) is 2.21. The van der Waals surface area contributed by atoms with Crippen molar-refractivity contribution in [3.8, 4) is 0 Å². The summed E-state index contributed by atoms with van der Waals surface area (Å²) in [7, 11) is 0. The summed E-state index contributed by atoms with van der Waals surface area (Å²) >= 11 is 0. The summed E-state index contributed by atoms with van der Waals surface area (Å²) in [5, 5.41) is 0. The summed E-state index contributed by atoms with van der Waals surface area (Å²) < 4.78 is 0. The van der Waals surface area contributed by atoms with Gasteiger partial charge in [-0.2, -0.15) is 0 Å². The first-order chi connectivity index (χ1) is 9.45. The maximum atomic E-state index is 2.30. The lowest BCUT2D eigenvalue weighted by atomic mass is 9.87. The predicted molar refractivity (Wildman–Crippen MR) is 91.2 cm³/mol. The van der Waals surface area contributed by atoms with Gasteiger partial charge >= 0.3 is 0 Å². The minimum atomic E-state index is 0.464. The Labute approximate surface area is 124 Å². The Bertz CT molecular complexity index is 523. The van der Waals surface area contributed by atoms with Gasteiger partial charge in [-0.1, -0.05) is 66.1 Å². The Hall–Kier alpha value is -1.56. The molecule has 1 aromatic rings. The van der Waals surface area contributed by atoms with Crippen molar-refractivity contribution in [1.82, 2.24) is 0 Å². The van der Waals surface area contributed by atoms with Crippen LogP contribution in [0.2, 0.25) is 0 Å². The zero-order valence-electron chi connectivity index (χ0n) is 13.8. The minimum absolute atomic E-state index is 0.464. The summed E-state index contributed by atoms with van der Waals surface area (Å²) in [6, 6.07) is 8.81. The van der Waals surface area contributed by atoms with E-state index in [1.54, 1.807) is 0 Å². The Morgan fingerprint density at radius 2 is 1.70 bits per heavy atom. The maximum absolute atomic E-state index is 2.30. The van der Waals surface area contributed by atoms with Crippen LogP contribution in [-0.4, -0.2) is 0 Å². The molecule has 0 saturated carbocycles. The van der Waals surface area contributed by atoms with Gasteiger partial charge < -0.3 is 0 Å². The van der Waals surface area contributed by atoms with Gasteiger partial charge in [-0.05, 0) is 52.2 Å². The third-order valence-electron chi connectivity index (χ3n) is 3.85. The average Bonchev–Trinajstić information content (AvgIpc) is 2.44. The highest BCUT2D eigenvalue weighted by Crippen LogP contribution is 2.28. The lowest BCUT2D eigenvalue weighted by Crippen LogP contribution is -2.01. The molecule has 0 bridgehead atoms. The van der Waals surface area contributed by atoms with E-state index < -0.39 is 0 Å². The van der Waals surface area contributed by atoms with Crippen molar-refractivity contribution in [3.05, 3.63) is 70.3 Å². The molecule has 1 atom stereocenters. The number of hydrogen-bond acceptors (Lipinski definition) is 0. The standard InChI is InChI=1S/C20H28/c1-7-16(4)14-19-10-8-9-11-20(19)18(6)17(5)13-12-15(2)3/h7-13,18H,14H2,1-6H3/b16-7+,17-13+. The van der Waals surface area contributed by atoms with Gasteiger partial charge in [-0.15, -0.1) is 0 Å². The van der Waals surface area contributed by atoms with Crippen LogP contribution in [-0.2, 0) is 6.42 Å². The SMILES string of the molecule is C/C=C(\C)Cc1ccccc1C(C)/C(C)=C/C=C(C)C. The van der Waals surface area contributed by atoms with E-state index in [4.69, 9.17) is 0 Å². The molecule has 0 aliphatic rings. The second kappa shape index (κ2) is 7.89. The molecular formula is C20H28. The van der Waals surface area contributed by atoms with Crippen LogP contribution in [0.25, 0.3) is 0 Å². The monoisotopic (exact) mass is 268 g/mol. The lowest BCUT2D eigenvalue weighted by Gasteiger charge is -2.17. The van der Waals surface area contributed by atoms with Crippen LogP contribution in [0.1, 0.15) is 58.6 Å². The molecule has 0 amide bonds. The molecular weight excluding hydrogens is 240 g/mol. The van der Waals surface area contributed by atoms with Crippen molar-refractivity contribution in [1.29, 1.82) is 0 Å². The molecule has 20 heavy (non-hydrogen) atoms. The molecule has 0 nitrogen and oxygen atoms in total. The van der Waals surface area contributed by atoms with E-state index in [2.05, 4.69) is 84.0 Å². The summed E-state index contributed by atoms with van der Waals surface area (Å²) in [4.78, 5) is 0. The zero-order chi connectivity index (χ0) is 15.1. The highest BCUT2D eigenvalue weighted by atomic mass is 14.2. The van der Waals surface area contributed by atoms with Gasteiger partial charge in [-0.25, -0.2) is 0 Å². The van der Waals surface area contributed by atoms with Gasteiger partial charge in [-0.3, -0.25) is 0 Å². The lowest BCUT2D eigenvalue weighted by molar-refractivity contribution is 0.871. The van der Waals surface area contributed by atoms with E-state index in [0.717, 1.165) is 6.42 Å². The van der Waals surface area contributed by atoms with E-state index in [1.165, 1.54) is 27.8 Å². The number of allylic oxidation sites excluding steroid dienone is 6. The fourth-order valence-electron chi connectivity index (χ4n) is 2.21. The molecule has 0 radical (unpaired) electrons. The molecule has 1 aromatic carbocycles. The van der Waals surface area contributed by atoms with Crippen molar-refractivity contribution in [3.63, 3.8) is 0 Å². The molecule has 0 heteroatoms. The molecule has 1 rings (SSSR count). The Kier molecular flexibility index (Phi) is 6.51. The molecule has 0 aliphatic carbocycles. The van der Waals surface area contributed by atoms with Crippen LogP contribution in [0, 0.1) is 0 Å². The van der Waals surface area contributed by atoms with Crippen molar-refractivity contribution in [2.75, 3.05) is 0 Å². The minimum Gasteiger partial charge on any atom is -0.0884 e. The molecule has 0 aliphatic heterocycles. The van der Waals surface area contributed by atoms with Crippen LogP contribution in [0.15, 0.2) is 59.2 Å². The predicted octanol–water partition coefficient (Wildman–Crippen LogP) is 6.21. The quantitative estimate of drug-likeness (QED) is 0.440. The van der Waals surface area contributed by atoms with Gasteiger partial charge in [0.25, 0.3) is 0 Å². The third kappa shape index (κ3) is 4.85. The van der Waals surface area contributed by atoms with Gasteiger partial charge in [0.05, 0.1) is 0 Å². The molecule has 0 aromatic heterocycles. The second-order valence-electron chi connectivity index (χ2n) is 5.89. The summed E-state index contributed by atoms with van der Waals surface area (Å²) in [6.07, 6.45) is 7.70. The van der Waals surface area contributed by atoms with Gasteiger partial charge in [0, 0.05) is 5.92 Å². The van der Waals surface area contributed by atoms with E-state index in [1.807, 2.05) is 0 Å². The number of hydrogen-bond donors (Lipinski definition) is 0. The first-order valence-corrected chi connectivity index (χ1v) is 7.47. The van der Waals surface area contributed by atoms with Gasteiger partial charge in [0.15, 0.2) is 0 Å². The van der Waals surface area contributed by atoms with Crippen molar-refractivity contribution < 1.29 is 0 Å². The van der Waals surface area contributed by atoms with Crippen LogP contribution >= 0.6 is 0 Å². The highest BCUT2D eigenvalue weighted by molar-refractivity contribution is 5.38. The first-order valence-electron chi connectivity index (χ1n) is 7.47. The largest absolute Gasteiger partial charge is 0.0884 e. The second-order valence-corrected chi connectivity index (χ2v) is 5.89. The summed E-state index contributed by atoms with van der Waals surface area (Å²) in [6.45, 7) is 13.1. The maximum Gasteiger partial charge on any atom is 0.00230 e. The molecule has 0 N–H and O–H groups in total. The zero-order valence-corrected chi connectivity index (χ0v) is 13.8. The van der Waals surface area contributed by atoms with Crippen LogP contribution in [0.3, 0.4) is 0 Å². The van der Waals surface area contributed by atoms with E-state index in [-0.39, 0.29) is 0 Å². The molecule has 0 saturated heterocycles. The molecule has 0 spiro atoms. The topological polar surface area (TPSA) is 0 Å². The molecule has 108 valence electrons. The Morgan fingerprint density at radius 3 is 2.30 bits per heavy atom. The molecule has 0 heterocycles. The third-order valence-corrected chi connectivity index (χ3v) is 3.85. The van der Waals surface area contributed by atoms with E-state index in [9.17, 15) is 0 Å². The Balaban J connectivity index is 3.07. The summed E-state index contributed by atoms with van der Waals surface area (Å²) in [5.74, 6) is 0.464. The van der Waals surface area contributed by atoms with Gasteiger partial charge in [0.1, 0.15) is 0 Å². The number of rotatable bonds is 5. The van der Waals surface area contributed by atoms with Crippen molar-refractivity contribution in [2.24, 2.45) is 0 Å². The first kappa shape index (κ1) is 16.5. The van der Waals surface area contributed by atoms with Crippen molar-refractivity contribution in [2.45, 2.75) is 53.9 Å². The van der Waals surface area contributed by atoms with Crippen LogP contribution in [0.5, 0.6) is 0 Å². The van der Waals surface area contributed by atoms with Crippen LogP contribution < -0.4 is 0 Å². The molecule has 0 fully saturated rings. The Morgan fingerprint density at radius 1 is 1.05 bits per heavy atom. The smallest absolute Gasteiger partial charge is 0.00230 e.